The Kier molecular flexibility index (Phi) is 7.43. The van der Waals surface area contributed by atoms with Gasteiger partial charge in [0.15, 0.2) is 11.9 Å². The maximum absolute atomic E-state index is 12.7. The van der Waals surface area contributed by atoms with Gasteiger partial charge in [-0.1, -0.05) is 23.2 Å². The van der Waals surface area contributed by atoms with Gasteiger partial charge in [0.1, 0.15) is 18.1 Å². The van der Waals surface area contributed by atoms with Crippen LogP contribution in [-0.4, -0.2) is 37.0 Å². The number of carbonyl (C=O) groups excluding carboxylic acids is 2. The van der Waals surface area contributed by atoms with E-state index in [0.29, 0.717) is 40.4 Å². The van der Waals surface area contributed by atoms with E-state index in [1.807, 2.05) is 6.07 Å². The summed E-state index contributed by atoms with van der Waals surface area (Å²) >= 11 is 11.9. The molecule has 0 saturated heterocycles. The fraction of sp³-hybridized carbons (Fsp3) is 0.417. The van der Waals surface area contributed by atoms with Gasteiger partial charge in [-0.3, -0.25) is 9.59 Å². The van der Waals surface area contributed by atoms with Gasteiger partial charge in [0.25, 0.3) is 5.91 Å². The topological polar surface area (TPSA) is 76.7 Å². The number of hydrogen-bond acceptors (Lipinski definition) is 5. The Balaban J connectivity index is 1.17. The molecule has 0 aromatic heterocycles. The van der Waals surface area contributed by atoms with E-state index < -0.39 is 6.10 Å². The Morgan fingerprint density at radius 1 is 1.03 bits per heavy atom. The summed E-state index contributed by atoms with van der Waals surface area (Å²) in [6.07, 6.45) is 3.42. The van der Waals surface area contributed by atoms with E-state index >= 15 is 0 Å². The highest BCUT2D eigenvalue weighted by Gasteiger charge is 2.30. The number of Topliss-reactive ketones (excluding diaryl/α,β-unsaturated/α-hetero) is 1. The van der Waals surface area contributed by atoms with Gasteiger partial charge in [-0.2, -0.15) is 0 Å². The highest BCUT2D eigenvalue weighted by molar-refractivity contribution is 6.31. The third-order valence-electron chi connectivity index (χ3n) is 5.91. The highest BCUT2D eigenvalue weighted by Crippen LogP contribution is 2.32. The molecule has 1 amide bonds. The lowest BCUT2D eigenvalue weighted by molar-refractivity contribution is -0.129. The molecule has 2 aromatic carbocycles. The molecule has 1 fully saturated rings. The largest absolute Gasteiger partial charge is 0.486 e. The highest BCUT2D eigenvalue weighted by atomic mass is 35.5. The second kappa shape index (κ2) is 10.5. The van der Waals surface area contributed by atoms with Crippen molar-refractivity contribution in [1.82, 2.24) is 5.32 Å². The molecule has 32 heavy (non-hydrogen) atoms. The van der Waals surface area contributed by atoms with Crippen molar-refractivity contribution in [2.24, 2.45) is 5.92 Å². The minimum Gasteiger partial charge on any atom is -0.486 e. The minimum atomic E-state index is -0.592. The number of anilines is 1. The molecule has 1 aliphatic carbocycles. The predicted molar refractivity (Wildman–Crippen MR) is 125 cm³/mol. The van der Waals surface area contributed by atoms with Crippen LogP contribution >= 0.6 is 23.2 Å². The van der Waals surface area contributed by atoms with Gasteiger partial charge in [0.2, 0.25) is 0 Å². The molecule has 8 heteroatoms. The fourth-order valence-electron chi connectivity index (χ4n) is 4.16. The van der Waals surface area contributed by atoms with E-state index in [9.17, 15) is 9.59 Å². The zero-order chi connectivity index (χ0) is 22.5. The molecule has 2 aromatic rings. The van der Waals surface area contributed by atoms with Crippen LogP contribution in [-0.2, 0) is 9.59 Å². The first-order valence-electron chi connectivity index (χ1n) is 10.9. The SMILES string of the molecule is O=C(COc1ccc(Cl)cc1)CC1CCC(NC(=O)C2CNc3ccc(Cl)cc3O2)CC1. The molecule has 1 heterocycles. The fourth-order valence-corrected chi connectivity index (χ4v) is 4.45. The number of hydrogen-bond donors (Lipinski definition) is 2. The number of ether oxygens (including phenoxy) is 2. The lowest BCUT2D eigenvalue weighted by atomic mass is 9.83. The van der Waals surface area contributed by atoms with E-state index in [-0.39, 0.29) is 24.3 Å². The molecule has 1 saturated carbocycles. The number of ketones is 1. The van der Waals surface area contributed by atoms with Crippen molar-refractivity contribution in [2.75, 3.05) is 18.5 Å². The molecule has 0 radical (unpaired) electrons. The molecule has 2 aliphatic rings. The molecule has 2 N–H and O–H groups in total. The smallest absolute Gasteiger partial charge is 0.263 e. The maximum Gasteiger partial charge on any atom is 0.263 e. The molecule has 170 valence electrons. The Bertz CT molecular complexity index is 959. The number of halogens is 2. The number of benzene rings is 2. The van der Waals surface area contributed by atoms with Crippen molar-refractivity contribution in [1.29, 1.82) is 0 Å². The molecule has 4 rings (SSSR count). The standard InChI is InChI=1S/C24H26Cl2N2O4/c25-16-3-8-20(9-4-16)31-14-19(29)11-15-1-6-18(7-2-15)28-24(30)23-13-27-21-10-5-17(26)12-22(21)32-23/h3-5,8-10,12,15,18,23,27H,1-2,6-7,11,13-14H2,(H,28,30). The molecule has 1 unspecified atom stereocenters. The average Bonchev–Trinajstić information content (AvgIpc) is 2.79. The van der Waals surface area contributed by atoms with Crippen LogP contribution in [0.15, 0.2) is 42.5 Å². The third kappa shape index (κ3) is 6.08. The Labute approximate surface area is 197 Å². The molecule has 0 spiro atoms. The van der Waals surface area contributed by atoms with E-state index in [1.165, 1.54) is 0 Å². The van der Waals surface area contributed by atoms with Gasteiger partial charge in [-0.15, -0.1) is 0 Å². The first kappa shape index (κ1) is 22.7. The summed E-state index contributed by atoms with van der Waals surface area (Å²) in [5.41, 5.74) is 0.837. The lowest BCUT2D eigenvalue weighted by Gasteiger charge is -2.31. The van der Waals surface area contributed by atoms with Crippen LogP contribution in [0.4, 0.5) is 5.69 Å². The Morgan fingerprint density at radius 2 is 1.75 bits per heavy atom. The number of nitrogens with one attached hydrogen (secondary N) is 2. The second-order valence-electron chi connectivity index (χ2n) is 8.34. The van der Waals surface area contributed by atoms with Crippen molar-refractivity contribution in [3.05, 3.63) is 52.5 Å². The Morgan fingerprint density at radius 3 is 2.50 bits per heavy atom. The molecular formula is C24H26Cl2N2O4. The summed E-state index contributed by atoms with van der Waals surface area (Å²) in [6, 6.07) is 12.4. The Hall–Kier alpha value is -2.44. The van der Waals surface area contributed by atoms with Gasteiger partial charge in [-0.05, 0) is 68.0 Å². The number of amides is 1. The number of carbonyl (C=O) groups is 2. The number of fused-ring (bicyclic) bond motifs is 1. The van der Waals surface area contributed by atoms with Crippen molar-refractivity contribution in [3.8, 4) is 11.5 Å². The summed E-state index contributed by atoms with van der Waals surface area (Å²) in [5, 5.41) is 7.51. The van der Waals surface area contributed by atoms with Gasteiger partial charge >= 0.3 is 0 Å². The monoisotopic (exact) mass is 476 g/mol. The normalized spacial score (nSPS) is 22.1. The predicted octanol–water partition coefficient (Wildman–Crippen LogP) is 4.88. The van der Waals surface area contributed by atoms with E-state index in [4.69, 9.17) is 32.7 Å². The van der Waals surface area contributed by atoms with Crippen LogP contribution in [0.5, 0.6) is 11.5 Å². The van der Waals surface area contributed by atoms with E-state index in [2.05, 4.69) is 10.6 Å². The van der Waals surface area contributed by atoms with Crippen LogP contribution in [0.25, 0.3) is 0 Å². The first-order chi connectivity index (χ1) is 15.5. The summed E-state index contributed by atoms with van der Waals surface area (Å²) in [4.78, 5) is 25.0. The zero-order valence-corrected chi connectivity index (χ0v) is 19.1. The molecular weight excluding hydrogens is 451 g/mol. The lowest BCUT2D eigenvalue weighted by Crippen LogP contribution is -2.49. The summed E-state index contributed by atoms with van der Waals surface area (Å²) < 4.78 is 11.4. The van der Waals surface area contributed by atoms with Gasteiger partial charge in [-0.25, -0.2) is 0 Å². The molecule has 0 bridgehead atoms. The third-order valence-corrected chi connectivity index (χ3v) is 6.39. The van der Waals surface area contributed by atoms with Gasteiger partial charge in [0.05, 0.1) is 12.2 Å². The van der Waals surface area contributed by atoms with Crippen LogP contribution in [0.1, 0.15) is 32.1 Å². The van der Waals surface area contributed by atoms with Gasteiger partial charge < -0.3 is 20.1 Å². The molecule has 6 nitrogen and oxygen atoms in total. The summed E-state index contributed by atoms with van der Waals surface area (Å²) in [5.74, 6) is 1.52. The van der Waals surface area contributed by atoms with Crippen molar-refractivity contribution in [2.45, 2.75) is 44.2 Å². The second-order valence-corrected chi connectivity index (χ2v) is 9.21. The van der Waals surface area contributed by atoms with Crippen LogP contribution < -0.4 is 20.1 Å². The van der Waals surface area contributed by atoms with E-state index in [0.717, 1.165) is 31.4 Å². The summed E-state index contributed by atoms with van der Waals surface area (Å²) in [6.45, 7) is 0.480. The van der Waals surface area contributed by atoms with Crippen LogP contribution in [0, 0.1) is 5.92 Å². The quantitative estimate of drug-likeness (QED) is 0.595. The van der Waals surface area contributed by atoms with Crippen molar-refractivity contribution in [3.63, 3.8) is 0 Å². The molecule has 1 atom stereocenters. The molecule has 1 aliphatic heterocycles. The summed E-state index contributed by atoms with van der Waals surface area (Å²) in [7, 11) is 0. The van der Waals surface area contributed by atoms with Crippen LogP contribution in [0.3, 0.4) is 0 Å². The number of rotatable bonds is 7. The maximum atomic E-state index is 12.7. The van der Waals surface area contributed by atoms with E-state index in [1.54, 1.807) is 36.4 Å². The minimum absolute atomic E-state index is 0.0653. The van der Waals surface area contributed by atoms with Gasteiger partial charge in [0, 0.05) is 28.6 Å². The first-order valence-corrected chi connectivity index (χ1v) is 11.6. The zero-order valence-electron chi connectivity index (χ0n) is 17.6. The average molecular weight is 477 g/mol. The van der Waals surface area contributed by atoms with Crippen LogP contribution in [0.2, 0.25) is 10.0 Å². The van der Waals surface area contributed by atoms with Crippen molar-refractivity contribution < 1.29 is 19.1 Å². The van der Waals surface area contributed by atoms with Crippen molar-refractivity contribution >= 4 is 40.6 Å².